The third-order valence-corrected chi connectivity index (χ3v) is 15.6. The van der Waals surface area contributed by atoms with Gasteiger partial charge in [-0.25, -0.2) is 9.69 Å². The number of fused-ring (bicyclic) bond motifs is 4. The number of aliphatic hydroxyl groups excluding tert-OH is 1. The Bertz CT molecular complexity index is 3440. The molecule has 4 aliphatic rings. The number of cyclic esters (lactones) is 1. The van der Waals surface area contributed by atoms with Gasteiger partial charge in [-0.2, -0.15) is 0 Å². The molecule has 78 heavy (non-hydrogen) atoms. The fourth-order valence-electron chi connectivity index (χ4n) is 12.0. The SMILES string of the molecule is COc1ccc(C#Cc2ccc3c(c2)C2(C(=O)N3C(=O)NC(C)c3ccccc3)C(C(=O)N3CCc4cc(OC)c(OC)cc4C3)C3C(=O)OC(c4ccccc4)C(c4ccccc4)N3C2c2ccc(OCCO)cc2)cc1. The summed E-state index contributed by atoms with van der Waals surface area (Å²) < 4.78 is 29.5. The van der Waals surface area contributed by atoms with Crippen LogP contribution >= 0.6 is 0 Å². The Labute approximate surface area is 453 Å². The van der Waals surface area contributed by atoms with Crippen LogP contribution in [-0.2, 0) is 37.5 Å². The number of carbonyl (C=O) groups excluding carboxylic acids is 4. The van der Waals surface area contributed by atoms with Crippen molar-refractivity contribution in [2.24, 2.45) is 5.92 Å². The molecule has 0 radical (unpaired) electrons. The molecule has 2 saturated heterocycles. The molecule has 7 aromatic carbocycles. The molecule has 0 bridgehead atoms. The molecule has 14 nitrogen and oxygen atoms in total. The maximum atomic E-state index is 17.1. The molecular weight excluding hydrogens is 985 g/mol. The number of carbonyl (C=O) groups is 4. The van der Waals surface area contributed by atoms with Crippen molar-refractivity contribution in [3.63, 3.8) is 0 Å². The molecule has 0 saturated carbocycles. The number of aliphatic hydroxyl groups is 1. The van der Waals surface area contributed by atoms with Crippen LogP contribution in [0, 0.1) is 17.8 Å². The van der Waals surface area contributed by atoms with E-state index in [0.717, 1.165) is 27.2 Å². The van der Waals surface area contributed by atoms with Gasteiger partial charge in [0.2, 0.25) is 11.8 Å². The Morgan fingerprint density at radius 2 is 1.32 bits per heavy atom. The Balaban J connectivity index is 1.19. The van der Waals surface area contributed by atoms with Crippen LogP contribution in [0.4, 0.5) is 10.5 Å². The standard InChI is InChI=1S/C64H58N4O10/c1-40(43-14-8-5-9-15-43)65-63(73)67-52-31-24-42(21-20-41-22-27-49(74-2)28-23-41)36-51(52)64(62(67)72)55(60(70)66-33-32-47-37-53(75-3)54(76-4)38-48(47)39-66)57-61(71)78-58(45-18-12-7-13-19-45)56(44-16-10-6-11-17-44)68(57)59(64)46-25-29-50(30-26-46)77-35-34-69/h5-19,22-31,36-38,40,55-59,69H,32-35,39H2,1-4H3,(H,65,73). The van der Waals surface area contributed by atoms with Gasteiger partial charge in [0.05, 0.1) is 57.7 Å². The van der Waals surface area contributed by atoms with Crippen molar-refractivity contribution >= 4 is 29.5 Å². The summed E-state index contributed by atoms with van der Waals surface area (Å²) in [7, 11) is 4.73. The second-order valence-corrected chi connectivity index (χ2v) is 19.8. The molecule has 4 heterocycles. The topological polar surface area (TPSA) is 156 Å². The smallest absolute Gasteiger partial charge is 0.329 e. The van der Waals surface area contributed by atoms with Gasteiger partial charge in [0.15, 0.2) is 11.5 Å². The van der Waals surface area contributed by atoms with Crippen molar-refractivity contribution in [2.45, 2.75) is 55.6 Å². The summed E-state index contributed by atoms with van der Waals surface area (Å²) in [6.07, 6.45) is -0.491. The van der Waals surface area contributed by atoms with E-state index in [0.29, 0.717) is 57.2 Å². The number of rotatable bonds is 12. The van der Waals surface area contributed by atoms with Gasteiger partial charge >= 0.3 is 12.0 Å². The fraction of sp³-hybridized carbons (Fsp3) is 0.250. The molecular formula is C64H58N4O10. The van der Waals surface area contributed by atoms with E-state index in [1.54, 1.807) is 50.5 Å². The predicted molar refractivity (Wildman–Crippen MR) is 292 cm³/mol. The van der Waals surface area contributed by atoms with E-state index in [9.17, 15) is 5.11 Å². The highest BCUT2D eigenvalue weighted by molar-refractivity contribution is 6.24. The van der Waals surface area contributed by atoms with Crippen LogP contribution in [0.2, 0.25) is 0 Å². The first-order chi connectivity index (χ1) is 38.1. The predicted octanol–water partition coefficient (Wildman–Crippen LogP) is 9.20. The lowest BCUT2D eigenvalue weighted by Crippen LogP contribution is -2.57. The Morgan fingerprint density at radius 3 is 1.97 bits per heavy atom. The second-order valence-electron chi connectivity index (χ2n) is 19.8. The molecule has 7 unspecified atom stereocenters. The van der Waals surface area contributed by atoms with E-state index in [1.165, 1.54) is 0 Å². The second kappa shape index (κ2) is 21.6. The third kappa shape index (κ3) is 9.04. The molecule has 2 N–H and O–H groups in total. The van der Waals surface area contributed by atoms with Gasteiger partial charge in [-0.3, -0.25) is 19.3 Å². The van der Waals surface area contributed by atoms with Crippen LogP contribution in [0.15, 0.2) is 170 Å². The van der Waals surface area contributed by atoms with Crippen molar-refractivity contribution in [2.75, 3.05) is 46.0 Å². The number of benzene rings is 7. The van der Waals surface area contributed by atoms with Gasteiger partial charge in [-0.05, 0) is 119 Å². The van der Waals surface area contributed by atoms with E-state index in [1.807, 2.05) is 157 Å². The van der Waals surface area contributed by atoms with E-state index in [-0.39, 0.29) is 32.0 Å². The lowest BCUT2D eigenvalue weighted by Gasteiger charge is -2.46. The van der Waals surface area contributed by atoms with Crippen LogP contribution in [0.5, 0.6) is 23.0 Å². The normalized spacial score (nSPS) is 21.5. The number of anilines is 1. The molecule has 1 spiro atoms. The van der Waals surface area contributed by atoms with E-state index in [4.69, 9.17) is 23.7 Å². The zero-order valence-electron chi connectivity index (χ0n) is 43.6. The largest absolute Gasteiger partial charge is 0.497 e. The number of imide groups is 1. The van der Waals surface area contributed by atoms with Crippen LogP contribution < -0.4 is 29.2 Å². The van der Waals surface area contributed by atoms with Crippen LogP contribution in [-0.4, -0.2) is 85.9 Å². The molecule has 4 amide bonds. The number of ether oxygens (including phenoxy) is 5. The first-order valence-electron chi connectivity index (χ1n) is 26.0. The first kappa shape index (κ1) is 51.2. The average Bonchev–Trinajstić information content (AvgIpc) is 4.12. The van der Waals surface area contributed by atoms with E-state index in [2.05, 4.69) is 17.2 Å². The van der Waals surface area contributed by atoms with Crippen LogP contribution in [0.3, 0.4) is 0 Å². The van der Waals surface area contributed by atoms with Crippen molar-refractivity contribution in [1.82, 2.24) is 15.1 Å². The highest BCUT2D eigenvalue weighted by atomic mass is 16.6. The molecule has 2 fully saturated rings. The van der Waals surface area contributed by atoms with Crippen molar-refractivity contribution in [1.29, 1.82) is 0 Å². The molecule has 7 aromatic rings. The zero-order valence-corrected chi connectivity index (χ0v) is 43.6. The highest BCUT2D eigenvalue weighted by Gasteiger charge is 2.76. The molecule has 7 atom stereocenters. The van der Waals surface area contributed by atoms with Gasteiger partial charge in [0, 0.05) is 24.2 Å². The van der Waals surface area contributed by atoms with Crippen LogP contribution in [0.1, 0.15) is 81.2 Å². The van der Waals surface area contributed by atoms with E-state index < -0.39 is 65.4 Å². The highest BCUT2D eigenvalue weighted by Crippen LogP contribution is 2.66. The fourth-order valence-corrected chi connectivity index (χ4v) is 12.0. The number of nitrogens with zero attached hydrogens (tertiary/aromatic N) is 3. The molecule has 11 rings (SSSR count). The number of urea groups is 1. The Kier molecular flexibility index (Phi) is 14.2. The maximum Gasteiger partial charge on any atom is 0.329 e. The number of nitrogens with one attached hydrogen (secondary N) is 1. The number of hydrogen-bond acceptors (Lipinski definition) is 11. The quantitative estimate of drug-likeness (QED) is 0.0889. The van der Waals surface area contributed by atoms with Gasteiger partial charge in [0.25, 0.3) is 0 Å². The summed E-state index contributed by atoms with van der Waals surface area (Å²) in [5, 5.41) is 12.9. The number of methoxy groups -OCH3 is 3. The number of amides is 4. The number of esters is 1. The summed E-state index contributed by atoms with van der Waals surface area (Å²) in [6.45, 7) is 2.02. The molecule has 0 aromatic heterocycles. The minimum atomic E-state index is -2.04. The lowest BCUT2D eigenvalue weighted by atomic mass is 9.64. The lowest BCUT2D eigenvalue weighted by molar-refractivity contribution is -0.179. The number of morpholine rings is 1. The average molecular weight is 1040 g/mol. The summed E-state index contributed by atoms with van der Waals surface area (Å²) in [6, 6.07) is 47.5. The van der Waals surface area contributed by atoms with Gasteiger partial charge in [-0.15, -0.1) is 0 Å². The first-order valence-corrected chi connectivity index (χ1v) is 26.0. The third-order valence-electron chi connectivity index (χ3n) is 15.6. The monoisotopic (exact) mass is 1040 g/mol. The van der Waals surface area contributed by atoms with Gasteiger partial charge in [-0.1, -0.05) is 115 Å². The molecule has 394 valence electrons. The van der Waals surface area contributed by atoms with E-state index >= 15 is 19.2 Å². The number of hydrogen-bond donors (Lipinski definition) is 2. The Morgan fingerprint density at radius 1 is 0.705 bits per heavy atom. The summed E-state index contributed by atoms with van der Waals surface area (Å²) in [4.78, 5) is 69.9. The maximum absolute atomic E-state index is 17.1. The summed E-state index contributed by atoms with van der Waals surface area (Å²) in [5.74, 6) is 5.37. The zero-order chi connectivity index (χ0) is 54.1. The Hall–Kier alpha value is -8.90. The van der Waals surface area contributed by atoms with Crippen molar-refractivity contribution in [3.05, 3.63) is 220 Å². The van der Waals surface area contributed by atoms with Crippen molar-refractivity contribution < 1.29 is 48.0 Å². The summed E-state index contributed by atoms with van der Waals surface area (Å²) in [5.41, 5.74) is 4.36. The molecule has 14 heteroatoms. The summed E-state index contributed by atoms with van der Waals surface area (Å²) >= 11 is 0. The van der Waals surface area contributed by atoms with Gasteiger partial charge < -0.3 is 39.0 Å². The molecule has 4 aliphatic heterocycles. The van der Waals surface area contributed by atoms with Crippen LogP contribution in [0.25, 0.3) is 0 Å². The molecule has 0 aliphatic carbocycles. The minimum Gasteiger partial charge on any atom is -0.497 e. The van der Waals surface area contributed by atoms with Crippen molar-refractivity contribution in [3.8, 4) is 34.8 Å². The minimum absolute atomic E-state index is 0.0352. The van der Waals surface area contributed by atoms with Gasteiger partial charge in [0.1, 0.15) is 35.7 Å².